The van der Waals surface area contributed by atoms with Gasteiger partial charge in [-0.25, -0.2) is 8.78 Å². The number of pyridine rings is 1. The molecule has 3 aliphatic rings. The van der Waals surface area contributed by atoms with E-state index in [0.717, 1.165) is 36.3 Å². The van der Waals surface area contributed by atoms with Gasteiger partial charge >= 0.3 is 0 Å². The number of rotatable bonds is 7. The van der Waals surface area contributed by atoms with Crippen LogP contribution in [0, 0.1) is 19.8 Å². The summed E-state index contributed by atoms with van der Waals surface area (Å²) in [5, 5.41) is 3.14. The van der Waals surface area contributed by atoms with E-state index in [1.54, 1.807) is 13.0 Å². The summed E-state index contributed by atoms with van der Waals surface area (Å²) in [5.74, 6) is -2.87. The molecule has 2 N–H and O–H groups in total. The molecule has 0 spiro atoms. The SMILES string of the molecule is CSc1cc(C)[nH]c(=O)c1CNC(=O)c1cc(Cl)c2c(c1C)O[C@@](C)([C@H]1CC[C@@H](N(C)C3CC(F)(F)C3)CC1)O2. The minimum Gasteiger partial charge on any atom is -0.448 e. The molecule has 2 saturated carbocycles. The molecule has 0 unspecified atom stereocenters. The van der Waals surface area contributed by atoms with E-state index in [0.29, 0.717) is 28.2 Å². The third kappa shape index (κ3) is 5.46. The van der Waals surface area contributed by atoms with Crippen molar-refractivity contribution in [2.75, 3.05) is 13.3 Å². The molecule has 2 aromatic rings. The third-order valence-electron chi connectivity index (χ3n) is 8.83. The molecule has 2 aliphatic carbocycles. The average molecular weight is 596 g/mol. The van der Waals surface area contributed by atoms with Crippen LogP contribution in [0.2, 0.25) is 5.02 Å². The van der Waals surface area contributed by atoms with Gasteiger partial charge < -0.3 is 24.7 Å². The van der Waals surface area contributed by atoms with Crippen LogP contribution < -0.4 is 20.3 Å². The van der Waals surface area contributed by atoms with Gasteiger partial charge in [0.05, 0.1) is 5.02 Å². The second-order valence-corrected chi connectivity index (χ2v) is 12.8. The van der Waals surface area contributed by atoms with Crippen LogP contribution in [-0.2, 0) is 6.54 Å². The molecule has 1 aromatic carbocycles. The maximum absolute atomic E-state index is 13.4. The molecule has 1 atom stereocenters. The van der Waals surface area contributed by atoms with Crippen molar-refractivity contribution in [1.29, 1.82) is 0 Å². The van der Waals surface area contributed by atoms with Crippen molar-refractivity contribution in [1.82, 2.24) is 15.2 Å². The topological polar surface area (TPSA) is 83.7 Å². The van der Waals surface area contributed by atoms with Crippen LogP contribution in [0.1, 0.15) is 72.6 Å². The summed E-state index contributed by atoms with van der Waals surface area (Å²) in [4.78, 5) is 31.4. The van der Waals surface area contributed by atoms with Crippen LogP contribution >= 0.6 is 23.4 Å². The number of thioether (sulfide) groups is 1. The fourth-order valence-electron chi connectivity index (χ4n) is 6.27. The van der Waals surface area contributed by atoms with Gasteiger partial charge in [0, 0.05) is 71.6 Å². The number of carbonyl (C=O) groups is 1. The molecule has 0 saturated heterocycles. The Bertz CT molecular complexity index is 1370. The molecule has 218 valence electrons. The number of ether oxygens (including phenoxy) is 2. The molecule has 1 aliphatic heterocycles. The van der Waals surface area contributed by atoms with Gasteiger partial charge in [-0.1, -0.05) is 11.6 Å². The highest BCUT2D eigenvalue weighted by Crippen LogP contribution is 2.52. The van der Waals surface area contributed by atoms with E-state index in [2.05, 4.69) is 15.2 Å². The van der Waals surface area contributed by atoms with Crippen LogP contribution in [0.25, 0.3) is 0 Å². The Hall–Kier alpha value is -2.30. The van der Waals surface area contributed by atoms with Gasteiger partial charge in [-0.2, -0.15) is 0 Å². The highest BCUT2D eigenvalue weighted by Gasteiger charge is 2.51. The van der Waals surface area contributed by atoms with Gasteiger partial charge in [0.25, 0.3) is 23.2 Å². The summed E-state index contributed by atoms with van der Waals surface area (Å²) in [6, 6.07) is 3.67. The second kappa shape index (κ2) is 10.8. The fourth-order valence-corrected chi connectivity index (χ4v) is 7.21. The monoisotopic (exact) mass is 595 g/mol. The predicted octanol–water partition coefficient (Wildman–Crippen LogP) is 6.07. The van der Waals surface area contributed by atoms with E-state index in [1.807, 2.05) is 33.2 Å². The van der Waals surface area contributed by atoms with E-state index in [9.17, 15) is 18.4 Å². The van der Waals surface area contributed by atoms with Crippen LogP contribution in [0.5, 0.6) is 11.5 Å². The largest absolute Gasteiger partial charge is 0.448 e. The number of amides is 1. The van der Waals surface area contributed by atoms with Crippen LogP contribution in [0.15, 0.2) is 21.8 Å². The molecule has 5 rings (SSSR count). The number of aryl methyl sites for hydroxylation is 1. The molecule has 11 heteroatoms. The van der Waals surface area contributed by atoms with Gasteiger partial charge in [-0.05, 0) is 65.0 Å². The minimum atomic E-state index is -2.52. The molecule has 40 heavy (non-hydrogen) atoms. The molecular formula is C29H36ClF2N3O4S. The third-order valence-corrected chi connectivity index (χ3v) is 9.91. The number of hydrogen-bond donors (Lipinski definition) is 2. The molecular weight excluding hydrogens is 560 g/mol. The van der Waals surface area contributed by atoms with Crippen molar-refractivity contribution in [3.8, 4) is 11.5 Å². The normalized spacial score (nSPS) is 25.6. The lowest BCUT2D eigenvalue weighted by Gasteiger charge is -2.47. The number of alkyl halides is 2. The lowest BCUT2D eigenvalue weighted by molar-refractivity contribution is -0.141. The summed E-state index contributed by atoms with van der Waals surface area (Å²) in [6.45, 7) is 5.59. The van der Waals surface area contributed by atoms with E-state index in [1.165, 1.54) is 11.8 Å². The first-order valence-electron chi connectivity index (χ1n) is 13.7. The van der Waals surface area contributed by atoms with Gasteiger partial charge in [0.2, 0.25) is 0 Å². The maximum atomic E-state index is 13.4. The number of carbonyl (C=O) groups excluding carboxylic acids is 1. The van der Waals surface area contributed by atoms with Crippen LogP contribution in [-0.4, -0.2) is 52.9 Å². The van der Waals surface area contributed by atoms with E-state index < -0.39 is 11.7 Å². The number of nitrogens with one attached hydrogen (secondary N) is 2. The quantitative estimate of drug-likeness (QED) is 0.378. The molecule has 7 nitrogen and oxygen atoms in total. The van der Waals surface area contributed by atoms with Gasteiger partial charge in [-0.15, -0.1) is 11.8 Å². The first-order valence-corrected chi connectivity index (χ1v) is 15.3. The number of aromatic amines is 1. The fraction of sp³-hybridized carbons (Fsp3) is 0.586. The number of hydrogen-bond acceptors (Lipinski definition) is 6. The number of aromatic nitrogens is 1. The van der Waals surface area contributed by atoms with Crippen molar-refractivity contribution in [3.05, 3.63) is 49.9 Å². The Balaban J connectivity index is 1.26. The second-order valence-electron chi connectivity index (χ2n) is 11.5. The van der Waals surface area contributed by atoms with Crippen LogP contribution in [0.3, 0.4) is 0 Å². The summed E-state index contributed by atoms with van der Waals surface area (Å²) < 4.78 is 39.5. The Labute approximate surface area is 242 Å². The minimum absolute atomic E-state index is 0.0573. The van der Waals surface area contributed by atoms with Gasteiger partial charge in [0.1, 0.15) is 0 Å². The Kier molecular flexibility index (Phi) is 7.91. The van der Waals surface area contributed by atoms with Crippen LogP contribution in [0.4, 0.5) is 8.78 Å². The smallest absolute Gasteiger partial charge is 0.254 e. The standard InChI is InChI=1S/C29H36ClF2N3O4S/c1-15-10-23(40-5)21(27(37)34-15)14-33-26(36)20-11-22(30)25-24(16(20)2)38-28(3,39-25)17-6-8-18(9-7-17)35(4)19-12-29(31,32)13-19/h10-11,17-19H,6-9,12-14H2,1-5H3,(H,33,36)(H,34,37)/t17-,18+,28-/m1/s1. The molecule has 1 amide bonds. The van der Waals surface area contributed by atoms with Crippen molar-refractivity contribution < 1.29 is 23.0 Å². The highest BCUT2D eigenvalue weighted by atomic mass is 35.5. The lowest BCUT2D eigenvalue weighted by atomic mass is 9.79. The molecule has 0 radical (unpaired) electrons. The molecule has 2 fully saturated rings. The average Bonchev–Trinajstić information content (AvgIpc) is 3.27. The number of halogens is 3. The zero-order valence-electron chi connectivity index (χ0n) is 23.5. The zero-order valence-corrected chi connectivity index (χ0v) is 25.0. The number of H-pyrrole nitrogens is 1. The Morgan fingerprint density at radius 2 is 1.80 bits per heavy atom. The van der Waals surface area contributed by atoms with E-state index in [4.69, 9.17) is 21.1 Å². The number of benzene rings is 1. The van der Waals surface area contributed by atoms with Gasteiger partial charge in [-0.3, -0.25) is 9.59 Å². The Morgan fingerprint density at radius 1 is 1.15 bits per heavy atom. The number of fused-ring (bicyclic) bond motifs is 1. The Morgan fingerprint density at radius 3 is 2.42 bits per heavy atom. The molecule has 0 bridgehead atoms. The first kappa shape index (κ1) is 29.2. The summed E-state index contributed by atoms with van der Waals surface area (Å²) in [7, 11) is 1.96. The molecule has 1 aromatic heterocycles. The molecule has 2 heterocycles. The van der Waals surface area contributed by atoms with Crippen molar-refractivity contribution in [3.63, 3.8) is 0 Å². The first-order chi connectivity index (χ1) is 18.8. The zero-order chi connectivity index (χ0) is 29.0. The van der Waals surface area contributed by atoms with E-state index >= 15 is 0 Å². The van der Waals surface area contributed by atoms with Crippen molar-refractivity contribution >= 4 is 29.3 Å². The summed E-state index contributed by atoms with van der Waals surface area (Å²) >= 11 is 8.05. The van der Waals surface area contributed by atoms with Gasteiger partial charge in [0.15, 0.2) is 11.5 Å². The summed E-state index contributed by atoms with van der Waals surface area (Å²) in [5.41, 5.74) is 1.99. The predicted molar refractivity (Wildman–Crippen MR) is 152 cm³/mol. The van der Waals surface area contributed by atoms with Crippen molar-refractivity contribution in [2.45, 2.75) is 94.5 Å². The maximum Gasteiger partial charge on any atom is 0.254 e. The van der Waals surface area contributed by atoms with Crippen molar-refractivity contribution in [2.24, 2.45) is 5.92 Å². The highest BCUT2D eigenvalue weighted by molar-refractivity contribution is 7.98. The lowest BCUT2D eigenvalue weighted by Crippen LogP contribution is -2.54. The number of nitrogens with zero attached hydrogens (tertiary/aromatic N) is 1. The summed E-state index contributed by atoms with van der Waals surface area (Å²) in [6.07, 6.45) is 5.17. The van der Waals surface area contributed by atoms with E-state index in [-0.39, 0.29) is 53.9 Å².